The molecule has 2 aromatic rings. The summed E-state index contributed by atoms with van der Waals surface area (Å²) in [7, 11) is 0. The Morgan fingerprint density at radius 3 is 2.82 bits per heavy atom. The topological polar surface area (TPSA) is 41.9 Å². The van der Waals surface area contributed by atoms with Crippen LogP contribution in [0.2, 0.25) is 0 Å². The first-order valence-electron chi connectivity index (χ1n) is 8.15. The minimum Gasteiger partial charge on any atom is -0.297 e. The molecule has 1 fully saturated rings. The normalized spacial score (nSPS) is 19.0. The molecule has 3 heterocycles. The Kier molecular flexibility index (Phi) is 4.78. The number of pyridine rings is 1. The van der Waals surface area contributed by atoms with E-state index in [9.17, 15) is 0 Å². The number of rotatable bonds is 5. The second kappa shape index (κ2) is 6.97. The zero-order valence-corrected chi connectivity index (χ0v) is 13.4. The Balaban J connectivity index is 1.56. The predicted octanol–water partition coefficient (Wildman–Crippen LogP) is 3.06. The lowest BCUT2D eigenvalue weighted by Gasteiger charge is -2.16. The van der Waals surface area contributed by atoms with Crippen molar-refractivity contribution in [2.45, 2.75) is 39.2 Å². The van der Waals surface area contributed by atoms with Gasteiger partial charge in [0.05, 0.1) is 5.69 Å². The van der Waals surface area contributed by atoms with Crippen LogP contribution in [0.25, 0.3) is 0 Å². The first-order chi connectivity index (χ1) is 10.7. The third kappa shape index (κ3) is 3.89. The van der Waals surface area contributed by atoms with Crippen molar-refractivity contribution in [2.24, 2.45) is 5.92 Å². The number of likely N-dealkylation sites (tertiary alicyclic amines) is 1. The molecular weight excluding hydrogens is 272 g/mol. The largest absolute Gasteiger partial charge is 0.297 e. The molecule has 0 N–H and O–H groups in total. The van der Waals surface area contributed by atoms with E-state index in [-0.39, 0.29) is 0 Å². The SMILES string of the molecule is CC(C)c1nccc(CN2CCC(Cc3ccccn3)C2)n1. The van der Waals surface area contributed by atoms with Crippen LogP contribution in [0.4, 0.5) is 0 Å². The van der Waals surface area contributed by atoms with Crippen LogP contribution in [0.1, 0.15) is 43.4 Å². The summed E-state index contributed by atoms with van der Waals surface area (Å²) in [6.45, 7) is 7.49. The van der Waals surface area contributed by atoms with Crippen molar-refractivity contribution in [3.05, 3.63) is 53.9 Å². The van der Waals surface area contributed by atoms with Gasteiger partial charge in [-0.2, -0.15) is 0 Å². The van der Waals surface area contributed by atoms with Crippen molar-refractivity contribution in [1.82, 2.24) is 19.9 Å². The summed E-state index contributed by atoms with van der Waals surface area (Å²) in [6.07, 6.45) is 6.10. The molecule has 1 aliphatic rings. The molecule has 3 rings (SSSR count). The quantitative estimate of drug-likeness (QED) is 0.850. The molecule has 4 heteroatoms. The summed E-state index contributed by atoms with van der Waals surface area (Å²) < 4.78 is 0. The zero-order chi connectivity index (χ0) is 15.4. The highest BCUT2D eigenvalue weighted by Gasteiger charge is 2.23. The first kappa shape index (κ1) is 15.1. The van der Waals surface area contributed by atoms with Gasteiger partial charge in [-0.1, -0.05) is 19.9 Å². The molecule has 2 aromatic heterocycles. The lowest BCUT2D eigenvalue weighted by molar-refractivity contribution is 0.311. The number of hydrogen-bond acceptors (Lipinski definition) is 4. The first-order valence-corrected chi connectivity index (χ1v) is 8.15. The van der Waals surface area contributed by atoms with E-state index in [4.69, 9.17) is 0 Å². The molecule has 1 saturated heterocycles. The van der Waals surface area contributed by atoms with E-state index >= 15 is 0 Å². The van der Waals surface area contributed by atoms with Crippen LogP contribution >= 0.6 is 0 Å². The molecule has 0 amide bonds. The minimum absolute atomic E-state index is 0.385. The molecule has 0 aliphatic carbocycles. The van der Waals surface area contributed by atoms with Crippen molar-refractivity contribution >= 4 is 0 Å². The van der Waals surface area contributed by atoms with E-state index in [1.165, 1.54) is 12.1 Å². The molecule has 0 radical (unpaired) electrons. The number of aromatic nitrogens is 3. The monoisotopic (exact) mass is 296 g/mol. The standard InChI is InChI=1S/C18H24N4/c1-14(2)18-20-9-6-17(21-18)13-22-10-7-15(12-22)11-16-5-3-4-8-19-16/h3-6,8-9,14-15H,7,10-13H2,1-2H3. The highest BCUT2D eigenvalue weighted by Crippen LogP contribution is 2.21. The average Bonchev–Trinajstić information content (AvgIpc) is 2.95. The molecular formula is C18H24N4. The van der Waals surface area contributed by atoms with Crippen LogP contribution in [0, 0.1) is 5.92 Å². The third-order valence-electron chi connectivity index (χ3n) is 4.23. The molecule has 0 aromatic carbocycles. The van der Waals surface area contributed by atoms with Crippen molar-refractivity contribution in [1.29, 1.82) is 0 Å². The summed E-state index contributed by atoms with van der Waals surface area (Å²) in [4.78, 5) is 16.0. The Morgan fingerprint density at radius 2 is 2.05 bits per heavy atom. The van der Waals surface area contributed by atoms with Gasteiger partial charge in [-0.3, -0.25) is 9.88 Å². The molecule has 22 heavy (non-hydrogen) atoms. The average molecular weight is 296 g/mol. The van der Waals surface area contributed by atoms with Crippen molar-refractivity contribution in [3.8, 4) is 0 Å². The Bertz CT molecular complexity index is 597. The van der Waals surface area contributed by atoms with Crippen LogP contribution in [0.5, 0.6) is 0 Å². The van der Waals surface area contributed by atoms with Gasteiger partial charge in [-0.15, -0.1) is 0 Å². The summed E-state index contributed by atoms with van der Waals surface area (Å²) in [6, 6.07) is 8.22. The highest BCUT2D eigenvalue weighted by atomic mass is 15.2. The van der Waals surface area contributed by atoms with E-state index in [2.05, 4.69) is 45.8 Å². The maximum atomic E-state index is 4.68. The summed E-state index contributed by atoms with van der Waals surface area (Å²) in [5, 5.41) is 0. The lowest BCUT2D eigenvalue weighted by Crippen LogP contribution is -2.21. The van der Waals surface area contributed by atoms with Gasteiger partial charge in [0.25, 0.3) is 0 Å². The fourth-order valence-corrected chi connectivity index (χ4v) is 3.05. The van der Waals surface area contributed by atoms with Gasteiger partial charge in [0, 0.05) is 37.1 Å². The highest BCUT2D eigenvalue weighted by molar-refractivity contribution is 5.07. The zero-order valence-electron chi connectivity index (χ0n) is 13.4. The van der Waals surface area contributed by atoms with E-state index in [0.29, 0.717) is 11.8 Å². The second-order valence-electron chi connectivity index (χ2n) is 6.48. The third-order valence-corrected chi connectivity index (χ3v) is 4.23. The maximum absolute atomic E-state index is 4.68. The van der Waals surface area contributed by atoms with Crippen molar-refractivity contribution < 1.29 is 0 Å². The summed E-state index contributed by atoms with van der Waals surface area (Å²) in [5.74, 6) is 2.04. The lowest BCUT2D eigenvalue weighted by atomic mass is 10.0. The van der Waals surface area contributed by atoms with Gasteiger partial charge >= 0.3 is 0 Å². The van der Waals surface area contributed by atoms with Gasteiger partial charge < -0.3 is 0 Å². The Labute approximate surface area is 132 Å². The smallest absolute Gasteiger partial charge is 0.131 e. The van der Waals surface area contributed by atoms with Crippen LogP contribution < -0.4 is 0 Å². The van der Waals surface area contributed by atoms with Gasteiger partial charge in [-0.25, -0.2) is 9.97 Å². The Hall–Kier alpha value is -1.81. The van der Waals surface area contributed by atoms with Crippen molar-refractivity contribution in [3.63, 3.8) is 0 Å². The number of nitrogens with zero attached hydrogens (tertiary/aromatic N) is 4. The van der Waals surface area contributed by atoms with Gasteiger partial charge in [0.2, 0.25) is 0 Å². The van der Waals surface area contributed by atoms with E-state index in [0.717, 1.165) is 37.6 Å². The molecule has 1 unspecified atom stereocenters. The molecule has 1 atom stereocenters. The summed E-state index contributed by atoms with van der Waals surface area (Å²) in [5.41, 5.74) is 2.34. The summed E-state index contributed by atoms with van der Waals surface area (Å²) >= 11 is 0. The second-order valence-corrected chi connectivity index (χ2v) is 6.48. The van der Waals surface area contributed by atoms with E-state index in [1.54, 1.807) is 0 Å². The van der Waals surface area contributed by atoms with Crippen LogP contribution in [-0.4, -0.2) is 32.9 Å². The van der Waals surface area contributed by atoms with Crippen LogP contribution in [0.15, 0.2) is 36.7 Å². The molecule has 4 nitrogen and oxygen atoms in total. The fraction of sp³-hybridized carbons (Fsp3) is 0.500. The van der Waals surface area contributed by atoms with E-state index in [1.807, 2.05) is 24.5 Å². The van der Waals surface area contributed by atoms with Crippen molar-refractivity contribution in [2.75, 3.05) is 13.1 Å². The van der Waals surface area contributed by atoms with E-state index < -0.39 is 0 Å². The fourth-order valence-electron chi connectivity index (χ4n) is 3.05. The molecule has 1 aliphatic heterocycles. The molecule has 116 valence electrons. The Morgan fingerprint density at radius 1 is 1.14 bits per heavy atom. The van der Waals surface area contributed by atoms with Crippen LogP contribution in [-0.2, 0) is 13.0 Å². The molecule has 0 spiro atoms. The maximum Gasteiger partial charge on any atom is 0.131 e. The molecule has 0 bridgehead atoms. The number of hydrogen-bond donors (Lipinski definition) is 0. The minimum atomic E-state index is 0.385. The van der Waals surface area contributed by atoms with Gasteiger partial charge in [-0.05, 0) is 43.5 Å². The molecule has 0 saturated carbocycles. The van der Waals surface area contributed by atoms with Gasteiger partial charge in [0.1, 0.15) is 5.82 Å². The van der Waals surface area contributed by atoms with Gasteiger partial charge in [0.15, 0.2) is 0 Å². The predicted molar refractivity (Wildman–Crippen MR) is 87.4 cm³/mol. The van der Waals surface area contributed by atoms with Crippen LogP contribution in [0.3, 0.4) is 0 Å².